The Labute approximate surface area is 148 Å². The molecule has 134 valence electrons. The van der Waals surface area contributed by atoms with E-state index in [1.54, 1.807) is 43.5 Å². The van der Waals surface area contributed by atoms with Gasteiger partial charge in [0.05, 0.1) is 17.2 Å². The normalized spacial score (nSPS) is 12.4. The zero-order valence-corrected chi connectivity index (χ0v) is 15.3. The van der Waals surface area contributed by atoms with E-state index >= 15 is 0 Å². The molecular formula is C18H22N2O4S. The Morgan fingerprint density at radius 1 is 1.16 bits per heavy atom. The molecule has 7 heteroatoms. The maximum Gasteiger partial charge on any atom is 0.264 e. The molecule has 0 fully saturated rings. The number of sulfonamides is 1. The van der Waals surface area contributed by atoms with Gasteiger partial charge in [0, 0.05) is 25.8 Å². The summed E-state index contributed by atoms with van der Waals surface area (Å²) in [6, 6.07) is 14.6. The first-order chi connectivity index (χ1) is 11.9. The summed E-state index contributed by atoms with van der Waals surface area (Å²) < 4.78 is 31.8. The first kappa shape index (κ1) is 19.0. The number of hydrogen-bond acceptors (Lipinski definition) is 4. The molecule has 2 aromatic carbocycles. The Morgan fingerprint density at radius 2 is 1.84 bits per heavy atom. The second-order valence-corrected chi connectivity index (χ2v) is 7.64. The van der Waals surface area contributed by atoms with Crippen molar-refractivity contribution in [2.75, 3.05) is 25.1 Å². The van der Waals surface area contributed by atoms with Crippen LogP contribution in [0.25, 0.3) is 0 Å². The molecule has 1 N–H and O–H groups in total. The Bertz CT molecular complexity index is 822. The van der Waals surface area contributed by atoms with Crippen molar-refractivity contribution < 1.29 is 17.9 Å². The highest BCUT2D eigenvalue weighted by molar-refractivity contribution is 7.92. The quantitative estimate of drug-likeness (QED) is 0.820. The second kappa shape index (κ2) is 8.13. The van der Waals surface area contributed by atoms with Crippen LogP contribution in [0.5, 0.6) is 0 Å². The van der Waals surface area contributed by atoms with Gasteiger partial charge in [-0.25, -0.2) is 8.42 Å². The van der Waals surface area contributed by atoms with Crippen LogP contribution < -0.4 is 9.62 Å². The number of methoxy groups -OCH3 is 1. The van der Waals surface area contributed by atoms with E-state index in [2.05, 4.69) is 5.32 Å². The predicted octanol–water partition coefficient (Wildman–Crippen LogP) is 2.28. The molecule has 6 nitrogen and oxygen atoms in total. The van der Waals surface area contributed by atoms with Crippen LogP contribution in [0.15, 0.2) is 59.5 Å². The number of para-hydroxylation sites is 1. The minimum Gasteiger partial charge on any atom is -0.383 e. The van der Waals surface area contributed by atoms with Crippen molar-refractivity contribution in [3.8, 4) is 0 Å². The minimum absolute atomic E-state index is 0.0610. The lowest BCUT2D eigenvalue weighted by Gasteiger charge is -2.20. The number of carbonyl (C=O) groups is 1. The van der Waals surface area contributed by atoms with Gasteiger partial charge < -0.3 is 10.1 Å². The van der Waals surface area contributed by atoms with Crippen LogP contribution in [0, 0.1) is 0 Å². The fourth-order valence-corrected chi connectivity index (χ4v) is 3.57. The Kier molecular flexibility index (Phi) is 6.17. The van der Waals surface area contributed by atoms with Gasteiger partial charge in [-0.3, -0.25) is 9.10 Å². The third-order valence-corrected chi connectivity index (χ3v) is 5.45. The summed E-state index contributed by atoms with van der Waals surface area (Å²) >= 11 is 0. The van der Waals surface area contributed by atoms with E-state index in [-0.39, 0.29) is 22.4 Å². The van der Waals surface area contributed by atoms with Gasteiger partial charge in [0.2, 0.25) is 0 Å². The largest absolute Gasteiger partial charge is 0.383 e. The smallest absolute Gasteiger partial charge is 0.264 e. The van der Waals surface area contributed by atoms with Gasteiger partial charge in [0.15, 0.2) is 0 Å². The molecule has 1 atom stereocenters. The number of carbonyl (C=O) groups excluding carboxylic acids is 1. The van der Waals surface area contributed by atoms with Gasteiger partial charge in [0.1, 0.15) is 0 Å². The molecule has 2 aromatic rings. The van der Waals surface area contributed by atoms with Crippen LogP contribution >= 0.6 is 0 Å². The predicted molar refractivity (Wildman–Crippen MR) is 97.3 cm³/mol. The van der Waals surface area contributed by atoms with Crippen molar-refractivity contribution in [3.63, 3.8) is 0 Å². The maximum absolute atomic E-state index is 12.8. The SMILES string of the molecule is COCC(C)NC(=O)c1cccc(S(=O)(=O)N(C)c2ccccc2)c1. The fourth-order valence-electron chi connectivity index (χ4n) is 2.33. The van der Waals surface area contributed by atoms with Crippen molar-refractivity contribution >= 4 is 21.6 Å². The van der Waals surface area contributed by atoms with Gasteiger partial charge in [-0.05, 0) is 37.3 Å². The lowest BCUT2D eigenvalue weighted by molar-refractivity contribution is 0.0905. The molecule has 1 unspecified atom stereocenters. The molecule has 0 heterocycles. The number of anilines is 1. The van der Waals surface area contributed by atoms with E-state index in [9.17, 15) is 13.2 Å². The molecule has 0 spiro atoms. The number of nitrogens with one attached hydrogen (secondary N) is 1. The van der Waals surface area contributed by atoms with E-state index in [1.165, 1.54) is 23.5 Å². The zero-order chi connectivity index (χ0) is 18.4. The molecule has 25 heavy (non-hydrogen) atoms. The monoisotopic (exact) mass is 362 g/mol. The summed E-state index contributed by atoms with van der Waals surface area (Å²) in [6.07, 6.45) is 0. The number of amides is 1. The average Bonchev–Trinajstić information content (AvgIpc) is 2.62. The third kappa shape index (κ3) is 4.58. The molecule has 1 amide bonds. The molecule has 0 bridgehead atoms. The number of nitrogens with zero attached hydrogens (tertiary/aromatic N) is 1. The van der Waals surface area contributed by atoms with Crippen molar-refractivity contribution in [1.82, 2.24) is 5.32 Å². The van der Waals surface area contributed by atoms with Crippen molar-refractivity contribution in [2.45, 2.75) is 17.9 Å². The van der Waals surface area contributed by atoms with Crippen LogP contribution in [0.1, 0.15) is 17.3 Å². The Hall–Kier alpha value is -2.38. The van der Waals surface area contributed by atoms with Crippen molar-refractivity contribution in [3.05, 3.63) is 60.2 Å². The van der Waals surface area contributed by atoms with E-state index in [0.717, 1.165) is 0 Å². The summed E-state index contributed by atoms with van der Waals surface area (Å²) in [5.41, 5.74) is 0.830. The number of benzene rings is 2. The van der Waals surface area contributed by atoms with Gasteiger partial charge in [-0.2, -0.15) is 0 Å². The molecule has 0 aliphatic rings. The van der Waals surface area contributed by atoms with E-state index in [1.807, 2.05) is 13.0 Å². The standard InChI is InChI=1S/C18H22N2O4S/c1-14(13-24-3)19-18(21)15-8-7-11-17(12-15)25(22,23)20(2)16-9-5-4-6-10-16/h4-12,14H,13H2,1-3H3,(H,19,21). The molecule has 0 aliphatic heterocycles. The highest BCUT2D eigenvalue weighted by Gasteiger charge is 2.22. The van der Waals surface area contributed by atoms with Crippen LogP contribution in [0.4, 0.5) is 5.69 Å². The van der Waals surface area contributed by atoms with Crippen LogP contribution in [0.2, 0.25) is 0 Å². The highest BCUT2D eigenvalue weighted by Crippen LogP contribution is 2.22. The summed E-state index contributed by atoms with van der Waals surface area (Å²) in [4.78, 5) is 12.3. The summed E-state index contributed by atoms with van der Waals surface area (Å²) in [5.74, 6) is -0.344. The van der Waals surface area contributed by atoms with Gasteiger partial charge in [-0.15, -0.1) is 0 Å². The second-order valence-electron chi connectivity index (χ2n) is 5.67. The lowest BCUT2D eigenvalue weighted by atomic mass is 10.2. The molecule has 0 aliphatic carbocycles. The van der Waals surface area contributed by atoms with Gasteiger partial charge in [0.25, 0.3) is 15.9 Å². The topological polar surface area (TPSA) is 75.7 Å². The summed E-state index contributed by atoms with van der Waals surface area (Å²) in [7, 11) is -0.723. The van der Waals surface area contributed by atoms with Crippen LogP contribution in [-0.2, 0) is 14.8 Å². The average molecular weight is 362 g/mol. The van der Waals surface area contributed by atoms with Crippen molar-refractivity contribution in [1.29, 1.82) is 0 Å². The van der Waals surface area contributed by atoms with Crippen LogP contribution in [0.3, 0.4) is 0 Å². The fraction of sp³-hybridized carbons (Fsp3) is 0.278. The molecule has 0 aromatic heterocycles. The Morgan fingerprint density at radius 3 is 2.48 bits per heavy atom. The summed E-state index contributed by atoms with van der Waals surface area (Å²) in [5, 5.41) is 2.76. The van der Waals surface area contributed by atoms with E-state index in [4.69, 9.17) is 4.74 Å². The Balaban J connectivity index is 2.27. The molecule has 0 radical (unpaired) electrons. The van der Waals surface area contributed by atoms with E-state index < -0.39 is 10.0 Å². The lowest BCUT2D eigenvalue weighted by Crippen LogP contribution is -2.35. The highest BCUT2D eigenvalue weighted by atomic mass is 32.2. The first-order valence-corrected chi connectivity index (χ1v) is 9.24. The zero-order valence-electron chi connectivity index (χ0n) is 14.5. The summed E-state index contributed by atoms with van der Waals surface area (Å²) in [6.45, 7) is 2.19. The first-order valence-electron chi connectivity index (χ1n) is 7.80. The van der Waals surface area contributed by atoms with Crippen LogP contribution in [-0.4, -0.2) is 41.1 Å². The molecule has 0 saturated heterocycles. The number of rotatable bonds is 7. The molecule has 2 rings (SSSR count). The molecular weight excluding hydrogens is 340 g/mol. The van der Waals surface area contributed by atoms with Crippen molar-refractivity contribution in [2.24, 2.45) is 0 Å². The number of hydrogen-bond donors (Lipinski definition) is 1. The third-order valence-electron chi connectivity index (χ3n) is 3.67. The molecule has 0 saturated carbocycles. The van der Waals surface area contributed by atoms with Gasteiger partial charge >= 0.3 is 0 Å². The maximum atomic E-state index is 12.8. The number of ether oxygens (including phenoxy) is 1. The van der Waals surface area contributed by atoms with E-state index in [0.29, 0.717) is 12.3 Å². The van der Waals surface area contributed by atoms with Gasteiger partial charge in [-0.1, -0.05) is 24.3 Å². The minimum atomic E-state index is -3.76.